The molecule has 0 aliphatic heterocycles. The standard InChI is InChI=1S/C12H12ClN3/c13-11-8-15-7-5-9(11)3-4-10-2-1-6-16-12(10)14/h1-2,5-8H,3-4H2,(H2,14,16). The normalized spacial score (nSPS) is 10.3. The third-order valence-electron chi connectivity index (χ3n) is 2.45. The van der Waals surface area contributed by atoms with E-state index in [4.69, 9.17) is 17.3 Å². The molecule has 0 radical (unpaired) electrons. The average Bonchev–Trinajstić information content (AvgIpc) is 2.30. The van der Waals surface area contributed by atoms with Gasteiger partial charge in [0.1, 0.15) is 5.82 Å². The third kappa shape index (κ3) is 2.49. The average molecular weight is 234 g/mol. The number of halogens is 1. The lowest BCUT2D eigenvalue weighted by Gasteiger charge is -2.05. The number of pyridine rings is 2. The van der Waals surface area contributed by atoms with Gasteiger partial charge in [-0.1, -0.05) is 17.7 Å². The van der Waals surface area contributed by atoms with Gasteiger partial charge in [0, 0.05) is 18.6 Å². The van der Waals surface area contributed by atoms with Gasteiger partial charge in [-0.25, -0.2) is 4.98 Å². The Bertz CT molecular complexity index is 440. The van der Waals surface area contributed by atoms with Crippen molar-refractivity contribution in [3.05, 3.63) is 52.9 Å². The molecule has 2 rings (SSSR count). The Morgan fingerprint density at radius 2 is 1.94 bits per heavy atom. The zero-order valence-corrected chi connectivity index (χ0v) is 9.48. The van der Waals surface area contributed by atoms with Crippen molar-refractivity contribution in [1.82, 2.24) is 9.97 Å². The second-order valence-electron chi connectivity index (χ2n) is 3.51. The molecule has 0 aromatic carbocycles. The van der Waals surface area contributed by atoms with Crippen molar-refractivity contribution in [2.45, 2.75) is 12.8 Å². The molecule has 0 aliphatic carbocycles. The number of anilines is 1. The van der Waals surface area contributed by atoms with Gasteiger partial charge in [0.15, 0.2) is 0 Å². The first-order chi connectivity index (χ1) is 7.77. The first kappa shape index (κ1) is 10.9. The molecular weight excluding hydrogens is 222 g/mol. The molecule has 0 atom stereocenters. The predicted octanol–water partition coefficient (Wildman–Crippen LogP) is 2.50. The Labute approximate surface area is 99.3 Å². The smallest absolute Gasteiger partial charge is 0.126 e. The molecule has 0 aliphatic rings. The van der Waals surface area contributed by atoms with Gasteiger partial charge in [0.05, 0.1) is 5.02 Å². The number of nitrogens with two attached hydrogens (primary N) is 1. The predicted molar refractivity (Wildman–Crippen MR) is 65.3 cm³/mol. The lowest BCUT2D eigenvalue weighted by molar-refractivity contribution is 0.950. The van der Waals surface area contributed by atoms with Crippen molar-refractivity contribution in [3.8, 4) is 0 Å². The van der Waals surface area contributed by atoms with E-state index in [1.165, 1.54) is 0 Å². The molecular formula is C12H12ClN3. The molecule has 4 heteroatoms. The molecule has 0 spiro atoms. The topological polar surface area (TPSA) is 51.8 Å². The van der Waals surface area contributed by atoms with Gasteiger partial charge >= 0.3 is 0 Å². The molecule has 0 unspecified atom stereocenters. The zero-order valence-electron chi connectivity index (χ0n) is 8.73. The van der Waals surface area contributed by atoms with Crippen molar-refractivity contribution in [3.63, 3.8) is 0 Å². The summed E-state index contributed by atoms with van der Waals surface area (Å²) in [4.78, 5) is 7.99. The van der Waals surface area contributed by atoms with Crippen LogP contribution in [0.25, 0.3) is 0 Å². The summed E-state index contributed by atoms with van der Waals surface area (Å²) in [7, 11) is 0. The molecule has 16 heavy (non-hydrogen) atoms. The maximum absolute atomic E-state index is 6.02. The van der Waals surface area contributed by atoms with E-state index in [1.807, 2.05) is 18.2 Å². The van der Waals surface area contributed by atoms with Crippen molar-refractivity contribution in [2.24, 2.45) is 0 Å². The van der Waals surface area contributed by atoms with Crippen molar-refractivity contribution in [2.75, 3.05) is 5.73 Å². The molecule has 2 aromatic rings. The minimum absolute atomic E-state index is 0.590. The zero-order chi connectivity index (χ0) is 11.4. The summed E-state index contributed by atoms with van der Waals surface area (Å²) in [6, 6.07) is 5.80. The Morgan fingerprint density at radius 1 is 1.12 bits per heavy atom. The monoisotopic (exact) mass is 233 g/mol. The number of nitrogen functional groups attached to an aromatic ring is 1. The van der Waals surface area contributed by atoms with Gasteiger partial charge < -0.3 is 5.73 Å². The van der Waals surface area contributed by atoms with Crippen LogP contribution in [0.1, 0.15) is 11.1 Å². The first-order valence-electron chi connectivity index (χ1n) is 5.05. The van der Waals surface area contributed by atoms with E-state index in [0.29, 0.717) is 10.8 Å². The molecule has 82 valence electrons. The Morgan fingerprint density at radius 3 is 2.69 bits per heavy atom. The lowest BCUT2D eigenvalue weighted by Crippen LogP contribution is -1.99. The summed E-state index contributed by atoms with van der Waals surface area (Å²) in [5.74, 6) is 0.590. The second kappa shape index (κ2) is 4.94. The van der Waals surface area contributed by atoms with Crippen LogP contribution in [-0.4, -0.2) is 9.97 Å². The fourth-order valence-electron chi connectivity index (χ4n) is 1.54. The maximum atomic E-state index is 6.02. The fraction of sp³-hybridized carbons (Fsp3) is 0.167. The minimum Gasteiger partial charge on any atom is -0.383 e. The third-order valence-corrected chi connectivity index (χ3v) is 2.79. The van der Waals surface area contributed by atoms with Crippen LogP contribution in [0.15, 0.2) is 36.8 Å². The van der Waals surface area contributed by atoms with Crippen LogP contribution in [-0.2, 0) is 12.8 Å². The van der Waals surface area contributed by atoms with Gasteiger partial charge in [0.25, 0.3) is 0 Å². The van der Waals surface area contributed by atoms with Crippen molar-refractivity contribution in [1.29, 1.82) is 0 Å². The first-order valence-corrected chi connectivity index (χ1v) is 5.43. The minimum atomic E-state index is 0.590. The molecule has 2 heterocycles. The van der Waals surface area contributed by atoms with Crippen molar-refractivity contribution < 1.29 is 0 Å². The van der Waals surface area contributed by atoms with Crippen LogP contribution in [0.4, 0.5) is 5.82 Å². The SMILES string of the molecule is Nc1ncccc1CCc1ccncc1Cl. The second-order valence-corrected chi connectivity index (χ2v) is 3.92. The molecule has 2 aromatic heterocycles. The van der Waals surface area contributed by atoms with Crippen LogP contribution in [0.3, 0.4) is 0 Å². The summed E-state index contributed by atoms with van der Waals surface area (Å²) in [6.45, 7) is 0. The van der Waals surface area contributed by atoms with E-state index in [9.17, 15) is 0 Å². The highest BCUT2D eigenvalue weighted by atomic mass is 35.5. The van der Waals surface area contributed by atoms with Crippen LogP contribution < -0.4 is 5.73 Å². The number of aromatic nitrogens is 2. The van der Waals surface area contributed by atoms with Gasteiger partial charge in [-0.2, -0.15) is 0 Å². The summed E-state index contributed by atoms with van der Waals surface area (Å²) in [5.41, 5.74) is 7.90. The summed E-state index contributed by atoms with van der Waals surface area (Å²) in [5, 5.41) is 0.699. The molecule has 3 nitrogen and oxygen atoms in total. The largest absolute Gasteiger partial charge is 0.383 e. The maximum Gasteiger partial charge on any atom is 0.126 e. The molecule has 0 fully saturated rings. The van der Waals surface area contributed by atoms with E-state index in [0.717, 1.165) is 24.0 Å². The quantitative estimate of drug-likeness (QED) is 0.886. The number of hydrogen-bond donors (Lipinski definition) is 1. The molecule has 0 bridgehead atoms. The van der Waals surface area contributed by atoms with Gasteiger partial charge in [-0.05, 0) is 36.1 Å². The van der Waals surface area contributed by atoms with Crippen LogP contribution >= 0.6 is 11.6 Å². The van der Waals surface area contributed by atoms with Crippen molar-refractivity contribution >= 4 is 17.4 Å². The van der Waals surface area contributed by atoms with Crippen LogP contribution in [0.2, 0.25) is 5.02 Å². The number of nitrogens with zero attached hydrogens (tertiary/aromatic N) is 2. The number of hydrogen-bond acceptors (Lipinski definition) is 3. The Balaban J connectivity index is 2.09. The van der Waals surface area contributed by atoms with E-state index in [2.05, 4.69) is 9.97 Å². The highest BCUT2D eigenvalue weighted by molar-refractivity contribution is 6.31. The Hall–Kier alpha value is -1.61. The van der Waals surface area contributed by atoms with Crippen LogP contribution in [0.5, 0.6) is 0 Å². The molecule has 0 saturated carbocycles. The summed E-state index contributed by atoms with van der Waals surface area (Å²) in [6.07, 6.45) is 6.77. The van der Waals surface area contributed by atoms with Gasteiger partial charge in [-0.3, -0.25) is 4.98 Å². The summed E-state index contributed by atoms with van der Waals surface area (Å²) < 4.78 is 0. The fourth-order valence-corrected chi connectivity index (χ4v) is 1.75. The highest BCUT2D eigenvalue weighted by Crippen LogP contribution is 2.17. The number of aryl methyl sites for hydroxylation is 2. The van der Waals surface area contributed by atoms with E-state index >= 15 is 0 Å². The van der Waals surface area contributed by atoms with E-state index in [1.54, 1.807) is 18.6 Å². The lowest BCUT2D eigenvalue weighted by atomic mass is 10.1. The number of rotatable bonds is 3. The van der Waals surface area contributed by atoms with E-state index in [-0.39, 0.29) is 0 Å². The highest BCUT2D eigenvalue weighted by Gasteiger charge is 2.03. The molecule has 0 saturated heterocycles. The van der Waals surface area contributed by atoms with Crippen LogP contribution in [0, 0.1) is 0 Å². The Kier molecular flexibility index (Phi) is 3.37. The van der Waals surface area contributed by atoms with Gasteiger partial charge in [0.2, 0.25) is 0 Å². The summed E-state index contributed by atoms with van der Waals surface area (Å²) >= 11 is 6.02. The molecule has 2 N–H and O–H groups in total. The van der Waals surface area contributed by atoms with Gasteiger partial charge in [-0.15, -0.1) is 0 Å². The van der Waals surface area contributed by atoms with E-state index < -0.39 is 0 Å². The molecule has 0 amide bonds.